The number of allylic oxidation sites excluding steroid dienone is 1. The van der Waals surface area contributed by atoms with Crippen molar-refractivity contribution in [3.63, 3.8) is 0 Å². The summed E-state index contributed by atoms with van der Waals surface area (Å²) < 4.78 is 19.0. The largest absolute Gasteiger partial charge is 0.462 e. The molecule has 5 fully saturated rings. The minimum absolute atomic E-state index is 0.0849. The number of carbonyl (C=O) groups excluding carboxylic acids is 1. The molecule has 33 heavy (non-hydrogen) atoms. The summed E-state index contributed by atoms with van der Waals surface area (Å²) in [5.74, 6) is 3.64. The Labute approximate surface area is 200 Å². The van der Waals surface area contributed by atoms with Crippen LogP contribution in [0.4, 0.5) is 0 Å². The van der Waals surface area contributed by atoms with E-state index in [4.69, 9.17) is 14.2 Å². The van der Waals surface area contributed by atoms with Crippen LogP contribution in [0.2, 0.25) is 0 Å². The van der Waals surface area contributed by atoms with Gasteiger partial charge in [0.05, 0.1) is 12.7 Å². The fourth-order valence-electron chi connectivity index (χ4n) is 9.98. The Morgan fingerprint density at radius 1 is 1.09 bits per heavy atom. The van der Waals surface area contributed by atoms with Crippen LogP contribution >= 0.6 is 0 Å². The van der Waals surface area contributed by atoms with Crippen LogP contribution in [-0.2, 0) is 19.0 Å². The lowest BCUT2D eigenvalue weighted by atomic mass is 9.47. The number of esters is 1. The van der Waals surface area contributed by atoms with E-state index in [1.807, 2.05) is 0 Å². The van der Waals surface area contributed by atoms with E-state index in [-0.39, 0.29) is 23.3 Å². The zero-order chi connectivity index (χ0) is 23.2. The van der Waals surface area contributed by atoms with Crippen molar-refractivity contribution in [3.8, 4) is 0 Å². The van der Waals surface area contributed by atoms with Gasteiger partial charge in [-0.15, -0.1) is 0 Å². The summed E-state index contributed by atoms with van der Waals surface area (Å²) in [5.41, 5.74) is 2.24. The maximum Gasteiger partial charge on any atom is 0.302 e. The topological polar surface area (TPSA) is 44.8 Å². The molecule has 2 saturated heterocycles. The van der Waals surface area contributed by atoms with Gasteiger partial charge in [-0.05, 0) is 85.4 Å². The van der Waals surface area contributed by atoms with Crippen molar-refractivity contribution in [2.75, 3.05) is 6.61 Å². The zero-order valence-electron chi connectivity index (χ0n) is 21.4. The lowest BCUT2D eigenvalue weighted by Crippen LogP contribution is -2.52. The zero-order valence-corrected chi connectivity index (χ0v) is 21.4. The second kappa shape index (κ2) is 7.56. The van der Waals surface area contributed by atoms with Gasteiger partial charge in [0, 0.05) is 25.7 Å². The van der Waals surface area contributed by atoms with Gasteiger partial charge in [0.2, 0.25) is 0 Å². The molecule has 4 heteroatoms. The first-order valence-electron chi connectivity index (χ1n) is 13.8. The maximum atomic E-state index is 11.5. The monoisotopic (exact) mass is 456 g/mol. The minimum atomic E-state index is -0.312. The van der Waals surface area contributed by atoms with Crippen molar-refractivity contribution in [2.24, 2.45) is 46.3 Å². The predicted molar refractivity (Wildman–Crippen MR) is 127 cm³/mol. The first-order chi connectivity index (χ1) is 15.7. The average molecular weight is 457 g/mol. The number of rotatable bonds is 1. The van der Waals surface area contributed by atoms with Crippen LogP contribution in [0.15, 0.2) is 11.6 Å². The van der Waals surface area contributed by atoms with Gasteiger partial charge < -0.3 is 14.2 Å². The fraction of sp³-hybridized carbons (Fsp3) is 0.897. The highest BCUT2D eigenvalue weighted by molar-refractivity contribution is 5.66. The molecule has 0 aromatic rings. The van der Waals surface area contributed by atoms with Crippen molar-refractivity contribution < 1.29 is 19.0 Å². The quantitative estimate of drug-likeness (QED) is 0.344. The molecule has 0 unspecified atom stereocenters. The van der Waals surface area contributed by atoms with E-state index in [2.05, 4.69) is 33.8 Å². The lowest BCUT2D eigenvalue weighted by Gasteiger charge is -2.58. The molecule has 0 radical (unpaired) electrons. The van der Waals surface area contributed by atoms with Gasteiger partial charge in [0.15, 0.2) is 5.79 Å². The molecule has 0 bridgehead atoms. The highest BCUT2D eigenvalue weighted by Crippen LogP contribution is 2.70. The highest BCUT2D eigenvalue weighted by Gasteiger charge is 2.68. The third-order valence-electron chi connectivity index (χ3n) is 11.7. The van der Waals surface area contributed by atoms with Crippen LogP contribution in [0.3, 0.4) is 0 Å². The summed E-state index contributed by atoms with van der Waals surface area (Å²) in [4.78, 5) is 11.5. The summed E-state index contributed by atoms with van der Waals surface area (Å²) in [6, 6.07) is 0. The fourth-order valence-corrected chi connectivity index (χ4v) is 9.98. The average Bonchev–Trinajstić information content (AvgIpc) is 3.21. The number of ether oxygens (including phenoxy) is 3. The summed E-state index contributed by atoms with van der Waals surface area (Å²) >= 11 is 0. The molecule has 4 nitrogen and oxygen atoms in total. The van der Waals surface area contributed by atoms with Crippen molar-refractivity contribution >= 4 is 5.97 Å². The van der Waals surface area contributed by atoms with Crippen LogP contribution in [0, 0.1) is 46.3 Å². The molecule has 184 valence electrons. The Bertz CT molecular complexity index is 841. The Kier molecular flexibility index (Phi) is 5.18. The molecule has 6 aliphatic rings. The van der Waals surface area contributed by atoms with Gasteiger partial charge in [0.1, 0.15) is 6.10 Å². The van der Waals surface area contributed by atoms with E-state index in [1.165, 1.54) is 32.1 Å². The molecule has 0 aromatic heterocycles. The molecule has 0 N–H and O–H groups in total. The second-order valence-electron chi connectivity index (χ2n) is 13.3. The Morgan fingerprint density at radius 3 is 2.64 bits per heavy atom. The van der Waals surface area contributed by atoms with Gasteiger partial charge in [-0.2, -0.15) is 0 Å². The van der Waals surface area contributed by atoms with Gasteiger partial charge in [-0.1, -0.05) is 39.3 Å². The highest BCUT2D eigenvalue weighted by atomic mass is 16.7. The maximum absolute atomic E-state index is 11.5. The van der Waals surface area contributed by atoms with E-state index in [9.17, 15) is 4.79 Å². The molecule has 2 heterocycles. The Hall–Kier alpha value is -0.870. The van der Waals surface area contributed by atoms with Gasteiger partial charge in [0.25, 0.3) is 0 Å². The third kappa shape index (κ3) is 3.18. The summed E-state index contributed by atoms with van der Waals surface area (Å²) in [6.07, 6.45) is 13.6. The SMILES string of the molecule is CC(=O)O[C@@H]1CC[C@@]2(C)C(=CC[C@H]3[C@@H]4C[C@H]5O[C@@]6(CC[C@@H](C)CO6)[C@H](C)[C@H]5[C@@]4(C)CC[C@@H]32)C1. The lowest BCUT2D eigenvalue weighted by molar-refractivity contribution is -0.272. The number of fused-ring (bicyclic) bond motifs is 7. The van der Waals surface area contributed by atoms with Gasteiger partial charge in [-0.3, -0.25) is 4.79 Å². The molecular formula is C29H44O4. The number of carbonyl (C=O) groups is 1. The van der Waals surface area contributed by atoms with Crippen molar-refractivity contribution in [1.82, 2.24) is 0 Å². The Balaban J connectivity index is 1.24. The first-order valence-corrected chi connectivity index (χ1v) is 13.8. The van der Waals surface area contributed by atoms with E-state index >= 15 is 0 Å². The molecular weight excluding hydrogens is 412 g/mol. The molecule has 11 atom stereocenters. The molecule has 4 aliphatic carbocycles. The van der Waals surface area contributed by atoms with E-state index < -0.39 is 0 Å². The van der Waals surface area contributed by atoms with Crippen LogP contribution in [0.25, 0.3) is 0 Å². The smallest absolute Gasteiger partial charge is 0.302 e. The molecule has 3 saturated carbocycles. The Morgan fingerprint density at radius 2 is 1.91 bits per heavy atom. The summed E-state index contributed by atoms with van der Waals surface area (Å²) in [5, 5.41) is 0. The molecule has 1 spiro atoms. The van der Waals surface area contributed by atoms with Crippen LogP contribution in [-0.4, -0.2) is 30.6 Å². The first kappa shape index (κ1) is 22.6. The second-order valence-corrected chi connectivity index (χ2v) is 13.3. The van der Waals surface area contributed by atoms with E-state index in [0.29, 0.717) is 29.3 Å². The molecule has 6 rings (SSSR count). The van der Waals surface area contributed by atoms with E-state index in [1.54, 1.807) is 12.5 Å². The molecule has 2 aliphatic heterocycles. The van der Waals surface area contributed by atoms with Gasteiger partial charge in [-0.25, -0.2) is 0 Å². The summed E-state index contributed by atoms with van der Waals surface area (Å²) in [7, 11) is 0. The van der Waals surface area contributed by atoms with Crippen LogP contribution in [0.1, 0.15) is 92.4 Å². The third-order valence-corrected chi connectivity index (χ3v) is 11.7. The molecule has 0 aromatic carbocycles. The van der Waals surface area contributed by atoms with Crippen LogP contribution < -0.4 is 0 Å². The standard InChI is InChI=1S/C29H44O4/c1-17-8-13-29(31-16-17)18(2)26-25(33-29)15-24-22-7-6-20-14-21(32-19(3)30)9-11-27(20,4)23(22)10-12-28(24,26)5/h6,17-18,21-26H,7-16H2,1-5H3/t17-,18-,21-,22-,23+,24+,25-,26-,27+,28+,29+/m1/s1. The number of hydrogen-bond donors (Lipinski definition) is 0. The van der Waals surface area contributed by atoms with Crippen molar-refractivity contribution in [1.29, 1.82) is 0 Å². The van der Waals surface area contributed by atoms with Gasteiger partial charge >= 0.3 is 5.97 Å². The van der Waals surface area contributed by atoms with Crippen molar-refractivity contribution in [3.05, 3.63) is 11.6 Å². The van der Waals surface area contributed by atoms with Crippen molar-refractivity contribution in [2.45, 2.75) is 110 Å². The molecule has 0 amide bonds. The minimum Gasteiger partial charge on any atom is -0.462 e. The van der Waals surface area contributed by atoms with Crippen LogP contribution in [0.5, 0.6) is 0 Å². The normalized spacial score (nSPS) is 55.2. The number of hydrogen-bond acceptors (Lipinski definition) is 4. The van der Waals surface area contributed by atoms with E-state index in [0.717, 1.165) is 50.0 Å². The predicted octanol–water partition coefficient (Wildman–Crippen LogP) is 6.28. The summed E-state index contributed by atoms with van der Waals surface area (Å²) in [6.45, 7) is 12.3.